The zero-order chi connectivity index (χ0) is 15.0. The van der Waals surface area contributed by atoms with Gasteiger partial charge in [0.15, 0.2) is 11.5 Å². The van der Waals surface area contributed by atoms with Gasteiger partial charge in [0, 0.05) is 20.0 Å². The van der Waals surface area contributed by atoms with E-state index in [1.807, 2.05) is 24.3 Å². The molecule has 3 rings (SSSR count). The molecule has 1 aliphatic heterocycles. The maximum Gasteiger partial charge on any atom is 0.162 e. The van der Waals surface area contributed by atoms with E-state index in [1.54, 1.807) is 0 Å². The number of hydrogen-bond acceptors (Lipinski definition) is 2. The second-order valence-electron chi connectivity index (χ2n) is 4.55. The standard InChI is InChI=1S/C15H10Br3ClO2/c16-8-1-2-11(17)9(5-8)15(18)10-6-13-14(7-12(10)19)21-4-3-20-13/h1-2,5-7,15H,3-4H2. The molecule has 0 spiro atoms. The maximum absolute atomic E-state index is 6.41. The van der Waals surface area contributed by atoms with E-state index < -0.39 is 0 Å². The molecule has 0 bridgehead atoms. The molecule has 0 aliphatic carbocycles. The van der Waals surface area contributed by atoms with Crippen molar-refractivity contribution >= 4 is 59.4 Å². The summed E-state index contributed by atoms with van der Waals surface area (Å²) in [5.41, 5.74) is 2.03. The van der Waals surface area contributed by atoms with Gasteiger partial charge in [-0.2, -0.15) is 0 Å². The van der Waals surface area contributed by atoms with Crippen LogP contribution in [0.3, 0.4) is 0 Å². The minimum Gasteiger partial charge on any atom is -0.486 e. The van der Waals surface area contributed by atoms with Crippen molar-refractivity contribution < 1.29 is 9.47 Å². The van der Waals surface area contributed by atoms with Gasteiger partial charge in [0.25, 0.3) is 0 Å². The van der Waals surface area contributed by atoms with Crippen molar-refractivity contribution in [2.45, 2.75) is 4.83 Å². The number of halogens is 4. The van der Waals surface area contributed by atoms with Gasteiger partial charge in [0.2, 0.25) is 0 Å². The molecule has 0 saturated carbocycles. The molecule has 1 heterocycles. The molecular weight excluding hydrogens is 487 g/mol. The molecule has 0 fully saturated rings. The average Bonchev–Trinajstić information content (AvgIpc) is 2.48. The van der Waals surface area contributed by atoms with Gasteiger partial charge in [-0.1, -0.05) is 59.4 Å². The first-order valence-corrected chi connectivity index (χ1v) is 9.12. The van der Waals surface area contributed by atoms with Crippen molar-refractivity contribution in [1.29, 1.82) is 0 Å². The van der Waals surface area contributed by atoms with Crippen molar-refractivity contribution in [3.8, 4) is 11.5 Å². The van der Waals surface area contributed by atoms with Gasteiger partial charge >= 0.3 is 0 Å². The van der Waals surface area contributed by atoms with E-state index in [0.29, 0.717) is 24.0 Å². The molecule has 0 amide bonds. The quantitative estimate of drug-likeness (QED) is 0.466. The topological polar surface area (TPSA) is 18.5 Å². The number of hydrogen-bond donors (Lipinski definition) is 0. The van der Waals surface area contributed by atoms with Crippen LogP contribution in [0.25, 0.3) is 0 Å². The number of rotatable bonds is 2. The van der Waals surface area contributed by atoms with Crippen LogP contribution < -0.4 is 9.47 Å². The Bertz CT molecular complexity index is 691. The summed E-state index contributed by atoms with van der Waals surface area (Å²) in [4.78, 5) is -0.0484. The van der Waals surface area contributed by atoms with Crippen LogP contribution in [0.15, 0.2) is 39.3 Å². The first kappa shape index (κ1) is 15.7. The van der Waals surface area contributed by atoms with Gasteiger partial charge in [0.05, 0.1) is 4.83 Å². The van der Waals surface area contributed by atoms with Crippen molar-refractivity contribution in [3.05, 3.63) is 55.4 Å². The SMILES string of the molecule is Clc1cc2c(cc1C(Br)c1cc(Br)ccc1Br)OCCO2. The molecule has 0 aromatic heterocycles. The summed E-state index contributed by atoms with van der Waals surface area (Å²) in [5, 5.41) is 0.646. The molecular formula is C15H10Br3ClO2. The Balaban J connectivity index is 2.05. The lowest BCUT2D eigenvalue weighted by molar-refractivity contribution is 0.171. The molecule has 2 nitrogen and oxygen atoms in total. The van der Waals surface area contributed by atoms with E-state index in [4.69, 9.17) is 21.1 Å². The summed E-state index contributed by atoms with van der Waals surface area (Å²) in [6, 6.07) is 9.78. The predicted molar refractivity (Wildman–Crippen MR) is 95.1 cm³/mol. The number of ether oxygens (including phenoxy) is 2. The lowest BCUT2D eigenvalue weighted by Crippen LogP contribution is -2.15. The van der Waals surface area contributed by atoms with Crippen molar-refractivity contribution in [2.75, 3.05) is 13.2 Å². The fourth-order valence-electron chi connectivity index (χ4n) is 2.15. The average molecular weight is 497 g/mol. The van der Waals surface area contributed by atoms with E-state index >= 15 is 0 Å². The molecule has 6 heteroatoms. The summed E-state index contributed by atoms with van der Waals surface area (Å²) >= 11 is 17.2. The van der Waals surface area contributed by atoms with Crippen molar-refractivity contribution in [2.24, 2.45) is 0 Å². The zero-order valence-corrected chi connectivity index (χ0v) is 16.2. The highest BCUT2D eigenvalue weighted by atomic mass is 79.9. The van der Waals surface area contributed by atoms with Crippen LogP contribution in [-0.2, 0) is 0 Å². The number of alkyl halides is 1. The van der Waals surface area contributed by atoms with E-state index in [2.05, 4.69) is 53.9 Å². The Morgan fingerprint density at radius 1 is 0.952 bits per heavy atom. The summed E-state index contributed by atoms with van der Waals surface area (Å²) in [7, 11) is 0. The van der Waals surface area contributed by atoms with Crippen LogP contribution in [0.4, 0.5) is 0 Å². The highest BCUT2D eigenvalue weighted by Gasteiger charge is 2.21. The smallest absolute Gasteiger partial charge is 0.162 e. The zero-order valence-electron chi connectivity index (χ0n) is 10.7. The summed E-state index contributed by atoms with van der Waals surface area (Å²) in [6.45, 7) is 1.11. The Hall–Kier alpha value is -0.230. The minimum absolute atomic E-state index is 0.0484. The van der Waals surface area contributed by atoms with Gasteiger partial charge in [-0.15, -0.1) is 0 Å². The highest BCUT2D eigenvalue weighted by molar-refractivity contribution is 9.11. The van der Waals surface area contributed by atoms with E-state index in [-0.39, 0.29) is 4.83 Å². The fraction of sp³-hybridized carbons (Fsp3) is 0.200. The molecule has 2 aromatic rings. The molecule has 21 heavy (non-hydrogen) atoms. The van der Waals surface area contributed by atoms with Crippen LogP contribution in [0, 0.1) is 0 Å². The van der Waals surface area contributed by atoms with Gasteiger partial charge in [-0.3, -0.25) is 0 Å². The molecule has 2 aromatic carbocycles. The molecule has 0 N–H and O–H groups in total. The third-order valence-electron chi connectivity index (χ3n) is 3.17. The van der Waals surface area contributed by atoms with Crippen LogP contribution in [0.5, 0.6) is 11.5 Å². The van der Waals surface area contributed by atoms with E-state index in [1.165, 1.54) is 0 Å². The van der Waals surface area contributed by atoms with Gasteiger partial charge in [0.1, 0.15) is 13.2 Å². The molecule has 1 unspecified atom stereocenters. The Morgan fingerprint density at radius 2 is 1.62 bits per heavy atom. The maximum atomic E-state index is 6.41. The molecule has 110 valence electrons. The predicted octanol–water partition coefficient (Wildman–Crippen LogP) is 6.12. The fourth-order valence-corrected chi connectivity index (χ4v) is 4.46. The van der Waals surface area contributed by atoms with Gasteiger partial charge in [-0.25, -0.2) is 0 Å². The largest absolute Gasteiger partial charge is 0.486 e. The molecule has 0 saturated heterocycles. The van der Waals surface area contributed by atoms with Crippen molar-refractivity contribution in [3.63, 3.8) is 0 Å². The first-order chi connectivity index (χ1) is 10.1. The monoisotopic (exact) mass is 494 g/mol. The first-order valence-electron chi connectivity index (χ1n) is 6.24. The third-order valence-corrected chi connectivity index (χ3v) is 5.69. The Kier molecular flexibility index (Phi) is 4.84. The lowest BCUT2D eigenvalue weighted by Gasteiger charge is -2.22. The molecule has 1 aliphatic rings. The van der Waals surface area contributed by atoms with Crippen LogP contribution in [0.2, 0.25) is 5.02 Å². The normalized spacial score (nSPS) is 14.9. The van der Waals surface area contributed by atoms with Crippen LogP contribution >= 0.6 is 59.4 Å². The third kappa shape index (κ3) is 3.26. The number of fused-ring (bicyclic) bond motifs is 1. The second-order valence-corrected chi connectivity index (χ2v) is 7.64. The van der Waals surface area contributed by atoms with Crippen LogP contribution in [0.1, 0.15) is 16.0 Å². The minimum atomic E-state index is -0.0484. The lowest BCUT2D eigenvalue weighted by atomic mass is 10.0. The summed E-state index contributed by atoms with van der Waals surface area (Å²) in [6.07, 6.45) is 0. The van der Waals surface area contributed by atoms with E-state index in [0.717, 1.165) is 25.8 Å². The second kappa shape index (κ2) is 6.49. The van der Waals surface area contributed by atoms with Gasteiger partial charge in [-0.05, 0) is 35.4 Å². The molecule has 1 atom stereocenters. The van der Waals surface area contributed by atoms with Gasteiger partial charge < -0.3 is 9.47 Å². The Morgan fingerprint density at radius 3 is 2.33 bits per heavy atom. The van der Waals surface area contributed by atoms with Crippen LogP contribution in [-0.4, -0.2) is 13.2 Å². The summed E-state index contributed by atoms with van der Waals surface area (Å²) in [5.74, 6) is 1.43. The number of benzene rings is 2. The van der Waals surface area contributed by atoms with Crippen molar-refractivity contribution in [1.82, 2.24) is 0 Å². The molecule has 0 radical (unpaired) electrons. The summed E-state index contributed by atoms with van der Waals surface area (Å²) < 4.78 is 13.2. The Labute approximate surface area is 153 Å². The van der Waals surface area contributed by atoms with E-state index in [9.17, 15) is 0 Å². The highest BCUT2D eigenvalue weighted by Crippen LogP contribution is 2.44.